The smallest absolute Gasteiger partial charge is 0.261 e. The topological polar surface area (TPSA) is 81.5 Å². The predicted molar refractivity (Wildman–Crippen MR) is 141 cm³/mol. The Morgan fingerprint density at radius 3 is 2.67 bits per heavy atom. The number of pyridine rings is 1. The lowest BCUT2D eigenvalue weighted by Crippen LogP contribution is -2.38. The molecule has 0 aliphatic carbocycles. The highest BCUT2D eigenvalue weighted by Gasteiger charge is 2.23. The quantitative estimate of drug-likeness (QED) is 0.440. The lowest BCUT2D eigenvalue weighted by Gasteiger charge is -2.29. The molecule has 1 amide bonds. The Balaban J connectivity index is 1.37. The van der Waals surface area contributed by atoms with Crippen LogP contribution in [-0.4, -0.2) is 66.2 Å². The number of fused-ring (bicyclic) bond motifs is 1. The van der Waals surface area contributed by atoms with Gasteiger partial charge in [-0.15, -0.1) is 11.3 Å². The maximum absolute atomic E-state index is 13.1. The summed E-state index contributed by atoms with van der Waals surface area (Å²) in [6, 6.07) is 14.5. The van der Waals surface area contributed by atoms with E-state index in [0.29, 0.717) is 31.3 Å². The maximum atomic E-state index is 13.1. The van der Waals surface area contributed by atoms with Crippen LogP contribution in [0.1, 0.15) is 28.1 Å². The van der Waals surface area contributed by atoms with Crippen LogP contribution < -0.4 is 10.2 Å². The van der Waals surface area contributed by atoms with E-state index in [1.54, 1.807) is 0 Å². The summed E-state index contributed by atoms with van der Waals surface area (Å²) in [7, 11) is 0. The van der Waals surface area contributed by atoms with E-state index in [9.17, 15) is 4.79 Å². The van der Waals surface area contributed by atoms with Crippen molar-refractivity contribution in [3.8, 4) is 17.1 Å². The average Bonchev–Trinajstić information content (AvgIpc) is 3.57. The Hall–Kier alpha value is -3.27. The third-order valence-corrected chi connectivity index (χ3v) is 7.86. The Bertz CT molecular complexity index is 1390. The lowest BCUT2D eigenvalue weighted by molar-refractivity contribution is 0.0698. The zero-order chi connectivity index (χ0) is 24.5. The number of hydrogen-bond acceptors (Lipinski definition) is 7. The van der Waals surface area contributed by atoms with E-state index in [1.807, 2.05) is 29.1 Å². The zero-order valence-corrected chi connectivity index (χ0v) is 21.1. The van der Waals surface area contributed by atoms with Crippen LogP contribution in [0.2, 0.25) is 0 Å². The summed E-state index contributed by atoms with van der Waals surface area (Å²) in [5.74, 6) is 0.692. The van der Waals surface area contributed by atoms with Crippen molar-refractivity contribution in [3.05, 3.63) is 59.1 Å². The number of anilines is 1. The van der Waals surface area contributed by atoms with Crippen LogP contribution in [0, 0.1) is 6.92 Å². The second kappa shape index (κ2) is 10.0. The number of aryl methyl sites for hydroxylation is 1. The first-order valence-corrected chi connectivity index (χ1v) is 13.2. The van der Waals surface area contributed by atoms with Gasteiger partial charge in [-0.3, -0.25) is 4.79 Å². The molecule has 1 N–H and O–H groups in total. The summed E-state index contributed by atoms with van der Waals surface area (Å²) < 4.78 is 13.9. The molecule has 0 saturated carbocycles. The van der Waals surface area contributed by atoms with Crippen molar-refractivity contribution in [1.29, 1.82) is 0 Å². The minimum atomic E-state index is -0.0415. The van der Waals surface area contributed by atoms with Crippen LogP contribution in [0.15, 0.2) is 48.7 Å². The van der Waals surface area contributed by atoms with Gasteiger partial charge < -0.3 is 19.7 Å². The van der Waals surface area contributed by atoms with Crippen molar-refractivity contribution in [2.75, 3.05) is 44.4 Å². The van der Waals surface area contributed by atoms with Gasteiger partial charge in [-0.05, 0) is 38.0 Å². The molecule has 36 heavy (non-hydrogen) atoms. The van der Waals surface area contributed by atoms with Gasteiger partial charge >= 0.3 is 0 Å². The van der Waals surface area contributed by atoms with E-state index < -0.39 is 0 Å². The van der Waals surface area contributed by atoms with Crippen LogP contribution in [-0.2, 0) is 9.47 Å². The maximum Gasteiger partial charge on any atom is 0.261 e. The molecule has 2 aliphatic heterocycles. The Morgan fingerprint density at radius 1 is 1.06 bits per heavy atom. The molecule has 1 aromatic carbocycles. The van der Waals surface area contributed by atoms with E-state index in [0.717, 1.165) is 58.9 Å². The van der Waals surface area contributed by atoms with Gasteiger partial charge in [0.05, 0.1) is 39.7 Å². The zero-order valence-electron chi connectivity index (χ0n) is 20.3. The standard InChI is InChI=1S/C27H29N5O3S/c1-18-3-2-4-19(15-18)21-5-8-32(30-21)25-17-23(31-9-13-35-14-10-31)26-22(29-25)16-24(36-26)27(33)28-20-6-11-34-12-7-20/h2-5,8,15-17,20H,6-7,9-14H2,1H3,(H,28,33). The largest absolute Gasteiger partial charge is 0.381 e. The van der Waals surface area contributed by atoms with Gasteiger partial charge in [0.2, 0.25) is 0 Å². The minimum Gasteiger partial charge on any atom is -0.381 e. The van der Waals surface area contributed by atoms with Crippen LogP contribution >= 0.6 is 11.3 Å². The number of rotatable bonds is 5. The van der Waals surface area contributed by atoms with Crippen LogP contribution in [0.25, 0.3) is 27.3 Å². The second-order valence-corrected chi connectivity index (χ2v) is 10.4. The molecule has 8 nitrogen and oxygen atoms in total. The SMILES string of the molecule is Cc1cccc(-c2ccn(-c3cc(N4CCOCC4)c4sc(C(=O)NC5CCOCC5)cc4n3)n2)c1. The Labute approximate surface area is 213 Å². The number of nitrogens with one attached hydrogen (secondary N) is 1. The molecule has 2 aliphatic rings. The number of carbonyl (C=O) groups excluding carboxylic acids is 1. The third-order valence-electron chi connectivity index (χ3n) is 6.72. The van der Waals surface area contributed by atoms with E-state index in [4.69, 9.17) is 19.6 Å². The van der Waals surface area contributed by atoms with Gasteiger partial charge in [0, 0.05) is 50.2 Å². The summed E-state index contributed by atoms with van der Waals surface area (Å²) in [5.41, 5.74) is 5.05. The fourth-order valence-corrected chi connectivity index (χ4v) is 5.81. The number of amides is 1. The van der Waals surface area contributed by atoms with Crippen molar-refractivity contribution in [2.24, 2.45) is 0 Å². The highest BCUT2D eigenvalue weighted by atomic mass is 32.1. The number of morpholine rings is 1. The van der Waals surface area contributed by atoms with Gasteiger partial charge in [0.25, 0.3) is 5.91 Å². The molecule has 2 saturated heterocycles. The summed E-state index contributed by atoms with van der Waals surface area (Å²) in [5, 5.41) is 8.01. The molecule has 5 heterocycles. The van der Waals surface area contributed by atoms with E-state index in [2.05, 4.69) is 41.4 Å². The monoisotopic (exact) mass is 503 g/mol. The predicted octanol–water partition coefficient (Wildman–Crippen LogP) is 4.20. The summed E-state index contributed by atoms with van der Waals surface area (Å²) in [6.07, 6.45) is 3.64. The first kappa shape index (κ1) is 23.1. The number of ether oxygens (including phenoxy) is 2. The molecule has 186 valence electrons. The fraction of sp³-hybridized carbons (Fsp3) is 0.370. The number of thiophene rings is 1. The molecule has 9 heteroatoms. The Kier molecular flexibility index (Phi) is 6.43. The average molecular weight is 504 g/mol. The van der Waals surface area contributed by atoms with Crippen molar-refractivity contribution in [1.82, 2.24) is 20.1 Å². The lowest BCUT2D eigenvalue weighted by atomic mass is 10.1. The molecule has 0 radical (unpaired) electrons. The van der Waals surface area contributed by atoms with Crippen molar-refractivity contribution < 1.29 is 14.3 Å². The fourth-order valence-electron chi connectivity index (χ4n) is 4.77. The summed E-state index contributed by atoms with van der Waals surface area (Å²) in [6.45, 7) is 6.43. The number of aromatic nitrogens is 3. The van der Waals surface area contributed by atoms with Gasteiger partial charge in [0.15, 0.2) is 5.82 Å². The number of benzene rings is 1. The van der Waals surface area contributed by atoms with E-state index in [1.165, 1.54) is 16.9 Å². The first-order chi connectivity index (χ1) is 17.6. The van der Waals surface area contributed by atoms with Crippen LogP contribution in [0.3, 0.4) is 0 Å². The Morgan fingerprint density at radius 2 is 1.86 bits per heavy atom. The first-order valence-electron chi connectivity index (χ1n) is 12.4. The van der Waals surface area contributed by atoms with Gasteiger partial charge in [0.1, 0.15) is 0 Å². The van der Waals surface area contributed by atoms with Crippen LogP contribution in [0.4, 0.5) is 5.69 Å². The van der Waals surface area contributed by atoms with Gasteiger partial charge in [-0.25, -0.2) is 9.67 Å². The van der Waals surface area contributed by atoms with Crippen molar-refractivity contribution in [3.63, 3.8) is 0 Å². The highest BCUT2D eigenvalue weighted by Crippen LogP contribution is 2.35. The van der Waals surface area contributed by atoms with Crippen LogP contribution in [0.5, 0.6) is 0 Å². The molecular weight excluding hydrogens is 474 g/mol. The molecule has 0 spiro atoms. The number of nitrogens with zero attached hydrogens (tertiary/aromatic N) is 4. The molecular formula is C27H29N5O3S. The molecule has 0 unspecified atom stereocenters. The van der Waals surface area contributed by atoms with E-state index >= 15 is 0 Å². The van der Waals surface area contributed by atoms with Crippen molar-refractivity contribution >= 4 is 33.1 Å². The van der Waals surface area contributed by atoms with Gasteiger partial charge in [-0.1, -0.05) is 23.8 Å². The molecule has 3 aromatic heterocycles. The normalized spacial score (nSPS) is 17.0. The third kappa shape index (κ3) is 4.74. The summed E-state index contributed by atoms with van der Waals surface area (Å²) >= 11 is 1.50. The molecule has 4 aromatic rings. The second-order valence-electron chi connectivity index (χ2n) is 9.30. The number of hydrogen-bond donors (Lipinski definition) is 1. The number of carbonyl (C=O) groups is 1. The molecule has 6 rings (SSSR count). The minimum absolute atomic E-state index is 0.0415. The highest BCUT2D eigenvalue weighted by molar-refractivity contribution is 7.21. The molecule has 0 atom stereocenters. The molecule has 0 bridgehead atoms. The van der Waals surface area contributed by atoms with Crippen molar-refractivity contribution in [2.45, 2.75) is 25.8 Å². The molecule has 2 fully saturated rings. The van der Waals surface area contributed by atoms with Gasteiger partial charge in [-0.2, -0.15) is 5.10 Å². The summed E-state index contributed by atoms with van der Waals surface area (Å²) in [4.78, 5) is 21.0. The van der Waals surface area contributed by atoms with E-state index in [-0.39, 0.29) is 11.9 Å².